The Morgan fingerprint density at radius 2 is 1.63 bits per heavy atom. The number of carbonyl (C=O) groups is 3. The van der Waals surface area contributed by atoms with Gasteiger partial charge < -0.3 is 20.5 Å². The first-order valence-electron chi connectivity index (χ1n) is 15.9. The summed E-state index contributed by atoms with van der Waals surface area (Å²) in [6.45, 7) is 5.53. The minimum absolute atomic E-state index is 0.0542. The second-order valence-electron chi connectivity index (χ2n) is 13.1. The van der Waals surface area contributed by atoms with Gasteiger partial charge in [-0.05, 0) is 48.0 Å². The van der Waals surface area contributed by atoms with Gasteiger partial charge in [-0.2, -0.15) is 0 Å². The largest absolute Gasteiger partial charge is 0.480 e. The van der Waals surface area contributed by atoms with Crippen molar-refractivity contribution in [1.29, 1.82) is 0 Å². The summed E-state index contributed by atoms with van der Waals surface area (Å²) < 4.78 is 65.6. The van der Waals surface area contributed by atoms with E-state index in [0.717, 1.165) is 16.7 Å². The van der Waals surface area contributed by atoms with Gasteiger partial charge in [0, 0.05) is 42.8 Å². The fourth-order valence-corrected chi connectivity index (χ4v) is 6.40. The van der Waals surface area contributed by atoms with Crippen molar-refractivity contribution in [3.63, 3.8) is 0 Å². The zero-order valence-electron chi connectivity index (χ0n) is 28.5. The van der Waals surface area contributed by atoms with Crippen molar-refractivity contribution < 1.29 is 41.4 Å². The fourth-order valence-electron chi connectivity index (χ4n) is 5.34. The molecule has 2 heterocycles. The van der Waals surface area contributed by atoms with Crippen LogP contribution in [0, 0.1) is 17.0 Å². The van der Waals surface area contributed by atoms with E-state index in [1.54, 1.807) is 27.8 Å². The van der Waals surface area contributed by atoms with Crippen LogP contribution >= 0.6 is 0 Å². The lowest BCUT2D eigenvalue weighted by atomic mass is 9.95. The minimum Gasteiger partial charge on any atom is -0.480 e. The maximum absolute atomic E-state index is 15.1. The molecule has 4 N–H and O–H groups in total. The lowest BCUT2D eigenvalue weighted by molar-refractivity contribution is -0.139. The Balaban J connectivity index is 1.28. The zero-order valence-corrected chi connectivity index (χ0v) is 29.3. The van der Waals surface area contributed by atoms with Crippen molar-refractivity contribution >= 4 is 39.2 Å². The fraction of sp³-hybridized carbons (Fsp3) is 0.286. The number of anilines is 2. The molecule has 0 fully saturated rings. The molecule has 2 amide bonds. The minimum atomic E-state index is -4.45. The zero-order chi connectivity index (χ0) is 38.1. The Hall–Kier alpha value is -5.68. The average Bonchev–Trinajstić information content (AvgIpc) is 3.08. The standard InChI is InChI=1S/C35H35F2N5O9S/c1-35(2,3)33(47)38-20-7-11-22(12-8-20)52(49,50)40-27-17-25(36)23(16-26(27)37)30(43)39-28(32(45)46)15-19-5-9-21(10-6-19)42-31(44)24-18-51-14-13-29(24)41(4)34(42)48/h5-12,16-17,28,40H,13-15,18H2,1-4H3,(H,38,47)(H,39,43)(H,45,46)/t28-/m0/s1. The number of rotatable bonds is 10. The molecule has 0 saturated heterocycles. The van der Waals surface area contributed by atoms with Crippen molar-refractivity contribution in [2.75, 3.05) is 16.6 Å². The van der Waals surface area contributed by atoms with Crippen LogP contribution in [-0.4, -0.2) is 53.1 Å². The molecule has 0 bridgehead atoms. The molecular formula is C35H35F2N5O9S. The maximum Gasteiger partial charge on any atom is 0.335 e. The van der Waals surface area contributed by atoms with E-state index < -0.39 is 67.5 Å². The third-order valence-electron chi connectivity index (χ3n) is 8.31. The van der Waals surface area contributed by atoms with Crippen molar-refractivity contribution in [1.82, 2.24) is 14.5 Å². The summed E-state index contributed by atoms with van der Waals surface area (Å²) in [4.78, 5) is 63.0. The highest BCUT2D eigenvalue weighted by atomic mass is 32.2. The van der Waals surface area contributed by atoms with E-state index in [1.165, 1.54) is 41.0 Å². The van der Waals surface area contributed by atoms with Crippen molar-refractivity contribution in [3.8, 4) is 5.69 Å². The molecule has 5 rings (SSSR count). The first-order chi connectivity index (χ1) is 24.4. The second-order valence-corrected chi connectivity index (χ2v) is 14.8. The summed E-state index contributed by atoms with van der Waals surface area (Å²) in [5, 5.41) is 14.6. The molecule has 14 nitrogen and oxygen atoms in total. The molecular weight excluding hydrogens is 704 g/mol. The Morgan fingerprint density at radius 3 is 2.25 bits per heavy atom. The molecule has 52 heavy (non-hydrogen) atoms. The van der Waals surface area contributed by atoms with Gasteiger partial charge in [0.05, 0.1) is 40.6 Å². The normalized spacial score (nSPS) is 13.5. The summed E-state index contributed by atoms with van der Waals surface area (Å²) in [7, 11) is -2.90. The number of benzene rings is 3. The highest BCUT2D eigenvalue weighted by Crippen LogP contribution is 2.25. The van der Waals surface area contributed by atoms with Crippen LogP contribution in [0.15, 0.2) is 75.1 Å². The Labute approximate surface area is 296 Å². The number of carboxylic acid groups (broad SMARTS) is 1. The molecule has 3 aromatic carbocycles. The smallest absolute Gasteiger partial charge is 0.335 e. The lowest BCUT2D eigenvalue weighted by Gasteiger charge is -2.20. The van der Waals surface area contributed by atoms with Gasteiger partial charge in [0.25, 0.3) is 21.5 Å². The summed E-state index contributed by atoms with van der Waals surface area (Å²) >= 11 is 0. The highest BCUT2D eigenvalue weighted by Gasteiger charge is 2.27. The Kier molecular flexibility index (Phi) is 10.5. The molecule has 1 atom stereocenters. The van der Waals surface area contributed by atoms with Crippen molar-refractivity contribution in [3.05, 3.63) is 116 Å². The van der Waals surface area contributed by atoms with E-state index in [0.29, 0.717) is 47.7 Å². The second kappa shape index (κ2) is 14.5. The van der Waals surface area contributed by atoms with Crippen LogP contribution in [0.4, 0.5) is 20.2 Å². The number of sulfonamides is 1. The predicted octanol–water partition coefficient (Wildman–Crippen LogP) is 3.10. The van der Waals surface area contributed by atoms with Crippen LogP contribution in [0.25, 0.3) is 5.69 Å². The Morgan fingerprint density at radius 1 is 0.981 bits per heavy atom. The molecule has 0 saturated carbocycles. The van der Waals surface area contributed by atoms with Crippen LogP contribution in [0.5, 0.6) is 0 Å². The molecule has 274 valence electrons. The molecule has 0 aliphatic carbocycles. The molecule has 17 heteroatoms. The van der Waals surface area contributed by atoms with Crippen LogP contribution < -0.4 is 26.6 Å². The van der Waals surface area contributed by atoms with Gasteiger partial charge >= 0.3 is 11.7 Å². The number of amides is 2. The van der Waals surface area contributed by atoms with Gasteiger partial charge in [0.2, 0.25) is 5.91 Å². The predicted molar refractivity (Wildman–Crippen MR) is 185 cm³/mol. The molecule has 1 aliphatic rings. The number of halogens is 2. The van der Waals surface area contributed by atoms with Gasteiger partial charge in [-0.25, -0.2) is 31.4 Å². The van der Waals surface area contributed by atoms with Crippen LogP contribution in [0.1, 0.15) is 48.0 Å². The molecule has 0 spiro atoms. The first kappa shape index (κ1) is 37.6. The number of hydrogen-bond acceptors (Lipinski definition) is 8. The van der Waals surface area contributed by atoms with Crippen LogP contribution in [-0.2, 0) is 50.8 Å². The first-order valence-corrected chi connectivity index (χ1v) is 17.3. The lowest BCUT2D eigenvalue weighted by Crippen LogP contribution is -2.43. The average molecular weight is 740 g/mol. The van der Waals surface area contributed by atoms with Gasteiger partial charge in [0.15, 0.2) is 0 Å². The Bertz CT molecular complexity index is 2300. The third-order valence-corrected chi connectivity index (χ3v) is 9.69. The number of nitrogens with zero attached hydrogens (tertiary/aromatic N) is 2. The highest BCUT2D eigenvalue weighted by molar-refractivity contribution is 7.92. The summed E-state index contributed by atoms with van der Waals surface area (Å²) in [6.07, 6.45) is 0.0990. The van der Waals surface area contributed by atoms with Gasteiger partial charge in [-0.15, -0.1) is 0 Å². The molecule has 0 unspecified atom stereocenters. The summed E-state index contributed by atoms with van der Waals surface area (Å²) in [5.74, 6) is -5.74. The van der Waals surface area contributed by atoms with E-state index in [2.05, 4.69) is 10.6 Å². The molecule has 1 aliphatic heterocycles. The number of carbonyl (C=O) groups excluding carboxylic acids is 2. The number of aliphatic carboxylic acids is 1. The quantitative estimate of drug-likeness (QED) is 0.189. The van der Waals surface area contributed by atoms with E-state index >= 15 is 8.78 Å². The van der Waals surface area contributed by atoms with Gasteiger partial charge in [-0.3, -0.25) is 23.7 Å². The van der Waals surface area contributed by atoms with Crippen molar-refractivity contribution in [2.45, 2.75) is 51.2 Å². The van der Waals surface area contributed by atoms with Crippen LogP contribution in [0.3, 0.4) is 0 Å². The maximum atomic E-state index is 15.1. The number of ether oxygens (including phenoxy) is 1. The van der Waals surface area contributed by atoms with E-state index in [1.807, 2.05) is 4.72 Å². The van der Waals surface area contributed by atoms with Gasteiger partial charge in [0.1, 0.15) is 17.7 Å². The SMILES string of the molecule is Cn1c2c(c(=O)n(-c3ccc(C[C@H](NC(=O)c4cc(F)c(NS(=O)(=O)c5ccc(NC(=O)C(C)(C)C)cc5)cc4F)C(=O)O)cc3)c1=O)COCC2. The van der Waals surface area contributed by atoms with Crippen molar-refractivity contribution in [2.24, 2.45) is 12.5 Å². The summed E-state index contributed by atoms with van der Waals surface area (Å²) in [5.41, 5.74) is -1.66. The number of carboxylic acids is 1. The van der Waals surface area contributed by atoms with Crippen LogP contribution in [0.2, 0.25) is 0 Å². The number of fused-ring (bicyclic) bond motifs is 1. The van der Waals surface area contributed by atoms with E-state index in [-0.39, 0.29) is 29.5 Å². The van der Waals surface area contributed by atoms with E-state index in [4.69, 9.17) is 4.74 Å². The number of aromatic nitrogens is 2. The third kappa shape index (κ3) is 7.94. The summed E-state index contributed by atoms with van der Waals surface area (Å²) in [6, 6.07) is 10.00. The molecule has 0 radical (unpaired) electrons. The van der Waals surface area contributed by atoms with E-state index in [9.17, 15) is 37.5 Å². The van der Waals surface area contributed by atoms with Gasteiger partial charge in [-0.1, -0.05) is 32.9 Å². The number of nitrogens with one attached hydrogen (secondary N) is 3. The topological polar surface area (TPSA) is 195 Å². The molecule has 4 aromatic rings. The monoisotopic (exact) mass is 739 g/mol. The molecule has 1 aromatic heterocycles. The number of hydrogen-bond donors (Lipinski definition) is 4.